The molecule has 2 saturated heterocycles. The maximum Gasteiger partial charge on any atom is 0.248 e. The summed E-state index contributed by atoms with van der Waals surface area (Å²) in [5.74, 6) is 1.28. The molecular weight excluding hydrogens is 377 g/mol. The first kappa shape index (κ1) is 19.8. The van der Waals surface area contributed by atoms with E-state index >= 15 is 0 Å². The average molecular weight is 403 g/mol. The number of likely N-dealkylation sites (tertiary alicyclic amines) is 1. The second-order valence-corrected chi connectivity index (χ2v) is 7.61. The van der Waals surface area contributed by atoms with Gasteiger partial charge in [-0.3, -0.25) is 9.69 Å². The zero-order valence-corrected chi connectivity index (χ0v) is 16.5. The lowest BCUT2D eigenvalue weighted by molar-refractivity contribution is -0.155. The lowest BCUT2D eigenvalue weighted by atomic mass is 10.0. The number of piperidine rings is 1. The van der Waals surface area contributed by atoms with Crippen molar-refractivity contribution >= 4 is 5.91 Å². The van der Waals surface area contributed by atoms with Gasteiger partial charge in [-0.15, -0.1) is 10.2 Å². The van der Waals surface area contributed by atoms with Crippen LogP contribution in [-0.2, 0) is 23.1 Å². The Bertz CT molecular complexity index is 820. The summed E-state index contributed by atoms with van der Waals surface area (Å²) in [5, 5.41) is 8.07. The number of carbonyl (C=O) groups excluding carboxylic acids is 1. The molecule has 2 aliphatic heterocycles. The number of ether oxygens (including phenoxy) is 2. The topological polar surface area (TPSA) is 72.7 Å². The quantitative estimate of drug-likeness (QED) is 0.722. The summed E-state index contributed by atoms with van der Waals surface area (Å²) in [4.78, 5) is 16.7. The smallest absolute Gasteiger partial charge is 0.248 e. The van der Waals surface area contributed by atoms with Gasteiger partial charge >= 0.3 is 0 Å². The molecule has 0 radical (unpaired) electrons. The van der Waals surface area contributed by atoms with Crippen molar-refractivity contribution < 1.29 is 18.7 Å². The summed E-state index contributed by atoms with van der Waals surface area (Å²) in [5.41, 5.74) is 0. The number of amides is 1. The first-order valence-corrected chi connectivity index (χ1v) is 9.93. The van der Waals surface area contributed by atoms with E-state index in [-0.39, 0.29) is 30.5 Å². The normalized spacial score (nSPS) is 21.5. The van der Waals surface area contributed by atoms with Gasteiger partial charge in [-0.1, -0.05) is 0 Å². The third-order valence-corrected chi connectivity index (χ3v) is 5.58. The lowest BCUT2D eigenvalue weighted by Crippen LogP contribution is -2.55. The number of benzene rings is 1. The van der Waals surface area contributed by atoms with E-state index in [0.717, 1.165) is 38.3 Å². The highest BCUT2D eigenvalue weighted by atomic mass is 19.1. The lowest BCUT2D eigenvalue weighted by Gasteiger charge is -2.42. The zero-order valence-electron chi connectivity index (χ0n) is 16.5. The fourth-order valence-electron chi connectivity index (χ4n) is 3.86. The fraction of sp³-hybridized carbons (Fsp3) is 0.550. The number of aromatic nitrogens is 3. The van der Waals surface area contributed by atoms with Gasteiger partial charge in [0.05, 0.1) is 13.1 Å². The molecule has 2 aliphatic rings. The Morgan fingerprint density at radius 2 is 2.00 bits per heavy atom. The molecule has 0 spiro atoms. The molecule has 1 amide bonds. The largest absolute Gasteiger partial charge is 0.491 e. The Kier molecular flexibility index (Phi) is 6.05. The van der Waals surface area contributed by atoms with Crippen molar-refractivity contribution in [1.29, 1.82) is 0 Å². The van der Waals surface area contributed by atoms with Crippen molar-refractivity contribution in [3.63, 3.8) is 0 Å². The van der Waals surface area contributed by atoms with Gasteiger partial charge in [0.2, 0.25) is 5.91 Å². The minimum absolute atomic E-state index is 0.0368. The molecule has 156 valence electrons. The monoisotopic (exact) mass is 403 g/mol. The predicted molar refractivity (Wildman–Crippen MR) is 103 cm³/mol. The van der Waals surface area contributed by atoms with Crippen LogP contribution in [0.3, 0.4) is 0 Å². The van der Waals surface area contributed by atoms with E-state index in [1.54, 1.807) is 18.5 Å². The first-order valence-electron chi connectivity index (χ1n) is 9.93. The van der Waals surface area contributed by atoms with Gasteiger partial charge in [-0.05, 0) is 37.1 Å². The summed E-state index contributed by atoms with van der Waals surface area (Å²) in [6.07, 6.45) is 3.38. The molecule has 0 aliphatic carbocycles. The van der Waals surface area contributed by atoms with E-state index in [1.165, 1.54) is 12.1 Å². The standard InChI is InChI=1S/C20H26FN5O3/c1-24-14-22-23-19(24)11-25-8-6-16(7-9-25)26-10-18(29-13-20(26)27)12-28-17-4-2-15(21)3-5-17/h2-5,14,16,18H,6-13H2,1H3. The van der Waals surface area contributed by atoms with Gasteiger partial charge in [-0.25, -0.2) is 4.39 Å². The van der Waals surface area contributed by atoms with E-state index in [2.05, 4.69) is 15.1 Å². The Morgan fingerprint density at radius 3 is 2.69 bits per heavy atom. The maximum atomic E-state index is 13.0. The number of halogens is 1. The summed E-state index contributed by atoms with van der Waals surface area (Å²) in [7, 11) is 1.95. The number of carbonyl (C=O) groups is 1. The third kappa shape index (κ3) is 4.91. The van der Waals surface area contributed by atoms with Crippen LogP contribution in [0.1, 0.15) is 18.7 Å². The number of nitrogens with zero attached hydrogens (tertiary/aromatic N) is 5. The molecule has 2 fully saturated rings. The molecular formula is C20H26FN5O3. The molecule has 0 bridgehead atoms. The highest BCUT2D eigenvalue weighted by Gasteiger charge is 2.34. The molecule has 29 heavy (non-hydrogen) atoms. The molecule has 1 aromatic carbocycles. The zero-order chi connectivity index (χ0) is 20.2. The van der Waals surface area contributed by atoms with Gasteiger partial charge in [0.15, 0.2) is 0 Å². The van der Waals surface area contributed by atoms with Crippen molar-refractivity contribution in [3.8, 4) is 5.75 Å². The number of morpholine rings is 1. The number of aryl methyl sites for hydroxylation is 1. The Hall–Kier alpha value is -2.52. The van der Waals surface area contributed by atoms with Gasteiger partial charge in [0, 0.05) is 26.2 Å². The molecule has 1 atom stereocenters. The van der Waals surface area contributed by atoms with Crippen LogP contribution < -0.4 is 4.74 Å². The second kappa shape index (κ2) is 8.87. The van der Waals surface area contributed by atoms with Gasteiger partial charge < -0.3 is 18.9 Å². The Labute approximate surface area is 169 Å². The molecule has 0 saturated carbocycles. The minimum atomic E-state index is -0.298. The predicted octanol–water partition coefficient (Wildman–Crippen LogP) is 1.22. The number of rotatable bonds is 6. The first-order chi connectivity index (χ1) is 14.1. The molecule has 0 N–H and O–H groups in total. The molecule has 1 unspecified atom stereocenters. The summed E-state index contributed by atoms with van der Waals surface area (Å²) in [6, 6.07) is 6.13. The van der Waals surface area contributed by atoms with Crippen molar-refractivity contribution in [1.82, 2.24) is 24.6 Å². The molecule has 9 heteroatoms. The highest BCUT2D eigenvalue weighted by molar-refractivity contribution is 5.78. The van der Waals surface area contributed by atoms with Gasteiger partial charge in [0.25, 0.3) is 0 Å². The summed E-state index contributed by atoms with van der Waals surface area (Å²) >= 11 is 0. The van der Waals surface area contributed by atoms with Crippen LogP contribution in [0.5, 0.6) is 5.75 Å². The average Bonchev–Trinajstić information content (AvgIpc) is 3.14. The van der Waals surface area contributed by atoms with Crippen molar-refractivity contribution in [2.24, 2.45) is 7.05 Å². The van der Waals surface area contributed by atoms with Crippen LogP contribution in [0.15, 0.2) is 30.6 Å². The molecule has 8 nitrogen and oxygen atoms in total. The highest BCUT2D eigenvalue weighted by Crippen LogP contribution is 2.22. The number of hydrogen-bond donors (Lipinski definition) is 0. The minimum Gasteiger partial charge on any atom is -0.491 e. The van der Waals surface area contributed by atoms with Crippen LogP contribution in [-0.4, -0.2) is 75.5 Å². The van der Waals surface area contributed by atoms with E-state index in [0.29, 0.717) is 18.9 Å². The Balaban J connectivity index is 1.27. The van der Waals surface area contributed by atoms with Gasteiger partial charge in [-0.2, -0.15) is 0 Å². The van der Waals surface area contributed by atoms with Crippen LogP contribution >= 0.6 is 0 Å². The maximum absolute atomic E-state index is 13.0. The molecule has 3 heterocycles. The molecule has 2 aromatic rings. The SMILES string of the molecule is Cn1cnnc1CN1CCC(N2CC(COc3ccc(F)cc3)OCC2=O)CC1. The van der Waals surface area contributed by atoms with Crippen molar-refractivity contribution in [2.45, 2.75) is 31.5 Å². The van der Waals surface area contributed by atoms with E-state index in [4.69, 9.17) is 9.47 Å². The van der Waals surface area contributed by atoms with E-state index in [1.807, 2.05) is 16.5 Å². The second-order valence-electron chi connectivity index (χ2n) is 7.61. The van der Waals surface area contributed by atoms with Crippen molar-refractivity contribution in [3.05, 3.63) is 42.2 Å². The fourth-order valence-corrected chi connectivity index (χ4v) is 3.86. The van der Waals surface area contributed by atoms with Crippen LogP contribution in [0, 0.1) is 5.82 Å². The van der Waals surface area contributed by atoms with E-state index < -0.39 is 0 Å². The Morgan fingerprint density at radius 1 is 1.24 bits per heavy atom. The van der Waals surface area contributed by atoms with E-state index in [9.17, 15) is 9.18 Å². The summed E-state index contributed by atoms with van der Waals surface area (Å²) < 4.78 is 26.3. The third-order valence-electron chi connectivity index (χ3n) is 5.58. The summed E-state index contributed by atoms with van der Waals surface area (Å²) in [6.45, 7) is 3.54. The van der Waals surface area contributed by atoms with Crippen LogP contribution in [0.2, 0.25) is 0 Å². The van der Waals surface area contributed by atoms with Gasteiger partial charge in [0.1, 0.15) is 43.0 Å². The van der Waals surface area contributed by atoms with Crippen molar-refractivity contribution in [2.75, 3.05) is 32.8 Å². The molecule has 4 rings (SSSR count). The van der Waals surface area contributed by atoms with Crippen LogP contribution in [0.4, 0.5) is 4.39 Å². The number of hydrogen-bond acceptors (Lipinski definition) is 6. The van der Waals surface area contributed by atoms with Crippen LogP contribution in [0.25, 0.3) is 0 Å². The molecule has 1 aromatic heterocycles.